The van der Waals surface area contributed by atoms with E-state index in [4.69, 9.17) is 5.73 Å². The topological polar surface area (TPSA) is 59.2 Å². The SMILES string of the molecule is Cc1nc(C(=O)N(C)c2ccccc2N)cs1. The molecule has 0 radical (unpaired) electrons. The summed E-state index contributed by atoms with van der Waals surface area (Å²) in [5.41, 5.74) is 7.56. The van der Waals surface area contributed by atoms with Gasteiger partial charge in [0, 0.05) is 12.4 Å². The van der Waals surface area contributed by atoms with E-state index >= 15 is 0 Å². The maximum absolute atomic E-state index is 12.1. The number of carbonyl (C=O) groups is 1. The van der Waals surface area contributed by atoms with Crippen LogP contribution in [0.1, 0.15) is 15.5 Å². The van der Waals surface area contributed by atoms with E-state index in [1.54, 1.807) is 18.5 Å². The lowest BCUT2D eigenvalue weighted by Crippen LogP contribution is -2.27. The number of anilines is 2. The van der Waals surface area contributed by atoms with Crippen molar-refractivity contribution in [3.8, 4) is 0 Å². The predicted octanol–water partition coefficient (Wildman–Crippen LogP) is 2.31. The molecule has 2 aromatic rings. The summed E-state index contributed by atoms with van der Waals surface area (Å²) in [5, 5.41) is 2.63. The Hall–Kier alpha value is -1.88. The van der Waals surface area contributed by atoms with E-state index in [1.807, 2.05) is 25.1 Å². The number of amides is 1. The molecule has 0 saturated heterocycles. The zero-order valence-corrected chi connectivity index (χ0v) is 10.5. The first kappa shape index (κ1) is 11.6. The largest absolute Gasteiger partial charge is 0.397 e. The number of benzene rings is 1. The van der Waals surface area contributed by atoms with Crippen LogP contribution in [0.3, 0.4) is 0 Å². The van der Waals surface area contributed by atoms with E-state index in [2.05, 4.69) is 4.98 Å². The van der Waals surface area contributed by atoms with Crippen molar-refractivity contribution in [1.29, 1.82) is 0 Å². The van der Waals surface area contributed by atoms with Crippen LogP contribution < -0.4 is 10.6 Å². The molecular weight excluding hydrogens is 234 g/mol. The Morgan fingerprint density at radius 1 is 1.41 bits per heavy atom. The zero-order valence-electron chi connectivity index (χ0n) is 9.68. The van der Waals surface area contributed by atoms with Crippen molar-refractivity contribution in [2.75, 3.05) is 17.7 Å². The second kappa shape index (κ2) is 4.55. The number of aryl methyl sites for hydroxylation is 1. The number of aromatic nitrogens is 1. The monoisotopic (exact) mass is 247 g/mol. The Morgan fingerprint density at radius 2 is 2.12 bits per heavy atom. The average Bonchev–Trinajstić information content (AvgIpc) is 2.75. The van der Waals surface area contributed by atoms with Gasteiger partial charge in [0.2, 0.25) is 0 Å². The van der Waals surface area contributed by atoms with Gasteiger partial charge in [-0.05, 0) is 19.1 Å². The van der Waals surface area contributed by atoms with Gasteiger partial charge in [0.05, 0.1) is 16.4 Å². The summed E-state index contributed by atoms with van der Waals surface area (Å²) in [4.78, 5) is 17.8. The van der Waals surface area contributed by atoms with Crippen LogP contribution in [0.2, 0.25) is 0 Å². The van der Waals surface area contributed by atoms with Crippen molar-refractivity contribution in [3.63, 3.8) is 0 Å². The Kier molecular flexibility index (Phi) is 3.10. The van der Waals surface area contributed by atoms with E-state index in [0.717, 1.165) is 5.01 Å². The third-order valence-electron chi connectivity index (χ3n) is 2.44. The molecule has 88 valence electrons. The minimum atomic E-state index is -0.146. The summed E-state index contributed by atoms with van der Waals surface area (Å²) in [5.74, 6) is -0.146. The molecular formula is C12H13N3OS. The van der Waals surface area contributed by atoms with E-state index in [0.29, 0.717) is 17.1 Å². The summed E-state index contributed by atoms with van der Waals surface area (Å²) in [6.07, 6.45) is 0. The standard InChI is InChI=1S/C12H13N3OS/c1-8-14-10(7-17-8)12(16)15(2)11-6-4-3-5-9(11)13/h3-7H,13H2,1-2H3. The van der Waals surface area contributed by atoms with Crippen molar-refractivity contribution >= 4 is 28.6 Å². The number of nitrogen functional groups attached to an aromatic ring is 1. The first-order chi connectivity index (χ1) is 8.09. The molecule has 1 heterocycles. The number of nitrogens with zero attached hydrogens (tertiary/aromatic N) is 2. The predicted molar refractivity (Wildman–Crippen MR) is 70.4 cm³/mol. The fourth-order valence-corrected chi connectivity index (χ4v) is 2.12. The number of rotatable bonds is 2. The van der Waals surface area contributed by atoms with E-state index in [1.165, 1.54) is 16.2 Å². The lowest BCUT2D eigenvalue weighted by atomic mass is 10.2. The quantitative estimate of drug-likeness (QED) is 0.828. The van der Waals surface area contributed by atoms with E-state index < -0.39 is 0 Å². The molecule has 0 atom stereocenters. The smallest absolute Gasteiger partial charge is 0.277 e. The van der Waals surface area contributed by atoms with E-state index in [9.17, 15) is 4.79 Å². The molecule has 17 heavy (non-hydrogen) atoms. The maximum atomic E-state index is 12.1. The highest BCUT2D eigenvalue weighted by Crippen LogP contribution is 2.23. The second-order valence-corrected chi connectivity index (χ2v) is 4.74. The van der Waals surface area contributed by atoms with Gasteiger partial charge < -0.3 is 10.6 Å². The molecule has 0 bridgehead atoms. The molecule has 2 rings (SSSR count). The number of carbonyl (C=O) groups excluding carboxylic acids is 1. The third-order valence-corrected chi connectivity index (χ3v) is 3.21. The second-order valence-electron chi connectivity index (χ2n) is 3.67. The van der Waals surface area contributed by atoms with Crippen molar-refractivity contribution < 1.29 is 4.79 Å². The van der Waals surface area contributed by atoms with Crippen molar-refractivity contribution in [3.05, 3.63) is 40.3 Å². The number of thiazole rings is 1. The number of hydrogen-bond acceptors (Lipinski definition) is 4. The molecule has 0 aliphatic carbocycles. The minimum Gasteiger partial charge on any atom is -0.397 e. The summed E-state index contributed by atoms with van der Waals surface area (Å²) >= 11 is 1.46. The molecule has 1 amide bonds. The number of nitrogens with two attached hydrogens (primary N) is 1. The molecule has 0 unspecified atom stereocenters. The Morgan fingerprint density at radius 3 is 2.71 bits per heavy atom. The molecule has 0 saturated carbocycles. The van der Waals surface area contributed by atoms with Gasteiger partial charge >= 0.3 is 0 Å². The van der Waals surface area contributed by atoms with Crippen LogP contribution in [0.25, 0.3) is 0 Å². The van der Waals surface area contributed by atoms with Crippen LogP contribution in [-0.4, -0.2) is 17.9 Å². The first-order valence-corrected chi connectivity index (χ1v) is 6.02. The van der Waals surface area contributed by atoms with Gasteiger partial charge in [-0.25, -0.2) is 4.98 Å². The highest BCUT2D eigenvalue weighted by Gasteiger charge is 2.17. The maximum Gasteiger partial charge on any atom is 0.277 e. The molecule has 1 aromatic carbocycles. The Balaban J connectivity index is 2.29. The number of hydrogen-bond donors (Lipinski definition) is 1. The average molecular weight is 247 g/mol. The fraction of sp³-hybridized carbons (Fsp3) is 0.167. The summed E-state index contributed by atoms with van der Waals surface area (Å²) in [6.45, 7) is 1.87. The Labute approximate surface area is 104 Å². The van der Waals surface area contributed by atoms with Gasteiger partial charge in [-0.1, -0.05) is 12.1 Å². The van der Waals surface area contributed by atoms with Crippen LogP contribution in [0.4, 0.5) is 11.4 Å². The fourth-order valence-electron chi connectivity index (χ4n) is 1.54. The molecule has 0 aliphatic rings. The van der Waals surface area contributed by atoms with Crippen LogP contribution >= 0.6 is 11.3 Å². The van der Waals surface area contributed by atoms with Gasteiger partial charge in [0.25, 0.3) is 5.91 Å². The number of para-hydroxylation sites is 2. The molecule has 0 aliphatic heterocycles. The van der Waals surface area contributed by atoms with Gasteiger partial charge in [0.1, 0.15) is 5.69 Å². The third kappa shape index (κ3) is 2.29. The van der Waals surface area contributed by atoms with Gasteiger partial charge in [0.15, 0.2) is 0 Å². The summed E-state index contributed by atoms with van der Waals surface area (Å²) in [6, 6.07) is 7.27. The molecule has 2 N–H and O–H groups in total. The van der Waals surface area contributed by atoms with Gasteiger partial charge in [-0.3, -0.25) is 4.79 Å². The molecule has 0 spiro atoms. The normalized spacial score (nSPS) is 10.2. The van der Waals surface area contributed by atoms with Crippen molar-refractivity contribution in [1.82, 2.24) is 4.98 Å². The molecule has 4 nitrogen and oxygen atoms in total. The van der Waals surface area contributed by atoms with E-state index in [-0.39, 0.29) is 5.91 Å². The van der Waals surface area contributed by atoms with Crippen molar-refractivity contribution in [2.24, 2.45) is 0 Å². The zero-order chi connectivity index (χ0) is 12.4. The highest BCUT2D eigenvalue weighted by molar-refractivity contribution is 7.09. The van der Waals surface area contributed by atoms with Crippen LogP contribution in [0.5, 0.6) is 0 Å². The summed E-state index contributed by atoms with van der Waals surface area (Å²) in [7, 11) is 1.70. The Bertz CT molecular complexity index is 550. The lowest BCUT2D eigenvalue weighted by molar-refractivity contribution is 0.0989. The van der Waals surface area contributed by atoms with Crippen LogP contribution in [-0.2, 0) is 0 Å². The highest BCUT2D eigenvalue weighted by atomic mass is 32.1. The van der Waals surface area contributed by atoms with Crippen LogP contribution in [0, 0.1) is 6.92 Å². The van der Waals surface area contributed by atoms with Crippen molar-refractivity contribution in [2.45, 2.75) is 6.92 Å². The minimum absolute atomic E-state index is 0.146. The van der Waals surface area contributed by atoms with Gasteiger partial charge in [-0.15, -0.1) is 11.3 Å². The van der Waals surface area contributed by atoms with Crippen LogP contribution in [0.15, 0.2) is 29.6 Å². The first-order valence-electron chi connectivity index (χ1n) is 5.14. The summed E-state index contributed by atoms with van der Waals surface area (Å²) < 4.78 is 0. The molecule has 5 heteroatoms. The molecule has 1 aromatic heterocycles. The lowest BCUT2D eigenvalue weighted by Gasteiger charge is -2.17. The molecule has 0 fully saturated rings. The van der Waals surface area contributed by atoms with Gasteiger partial charge in [-0.2, -0.15) is 0 Å².